The van der Waals surface area contributed by atoms with E-state index in [0.29, 0.717) is 41.0 Å². The van der Waals surface area contributed by atoms with Gasteiger partial charge < -0.3 is 28.9 Å². The number of hydrogen-bond donors (Lipinski definition) is 0. The maximum atomic E-state index is 13.2. The van der Waals surface area contributed by atoms with Gasteiger partial charge in [0.05, 0.1) is 45.1 Å². The van der Waals surface area contributed by atoms with Gasteiger partial charge in [-0.3, -0.25) is 4.79 Å². The molecule has 3 aliphatic heterocycles. The van der Waals surface area contributed by atoms with Gasteiger partial charge in [-0.25, -0.2) is 9.79 Å². The molecule has 34 heavy (non-hydrogen) atoms. The van der Waals surface area contributed by atoms with Crippen LogP contribution in [-0.4, -0.2) is 86.3 Å². The topological polar surface area (TPSA) is 83.9 Å². The molecule has 0 radical (unpaired) electrons. The summed E-state index contributed by atoms with van der Waals surface area (Å²) in [4.78, 5) is 36.9. The van der Waals surface area contributed by atoms with Crippen molar-refractivity contribution in [2.45, 2.75) is 19.4 Å². The predicted molar refractivity (Wildman–Crippen MR) is 131 cm³/mol. The highest BCUT2D eigenvalue weighted by molar-refractivity contribution is 8.16. The van der Waals surface area contributed by atoms with Gasteiger partial charge in [-0.05, 0) is 25.4 Å². The van der Waals surface area contributed by atoms with Crippen LogP contribution in [0.5, 0.6) is 11.5 Å². The molecule has 1 fully saturated rings. The smallest absolute Gasteiger partial charge is 0.338 e. The summed E-state index contributed by atoms with van der Waals surface area (Å²) >= 11 is 1.45. The fourth-order valence-corrected chi connectivity index (χ4v) is 5.45. The van der Waals surface area contributed by atoms with Crippen LogP contribution in [0.4, 0.5) is 0 Å². The van der Waals surface area contributed by atoms with Crippen LogP contribution in [0.1, 0.15) is 24.9 Å². The summed E-state index contributed by atoms with van der Waals surface area (Å²) in [5, 5.41) is 2.65. The number of likely N-dealkylation sites (N-methyl/N-ethyl adjacent to an activating group) is 1. The standard InChI is InChI=1S/C24H30N4O5S/c1-15-20(23(30)33-5)21(17-7-6-8-18(31-3)22(17)32-4)28-16(14-34-24(28)25-15)13-19(29)27-11-9-26(2)10-12-27/h6-8,14,21H,9-13H2,1-5H3/t21-/m1/s1. The Kier molecular flexibility index (Phi) is 7.18. The Labute approximate surface area is 204 Å². The predicted octanol–water partition coefficient (Wildman–Crippen LogP) is 2.62. The fraction of sp³-hybridized carbons (Fsp3) is 0.458. The molecule has 9 nitrogen and oxygen atoms in total. The first kappa shape index (κ1) is 24.2. The van der Waals surface area contributed by atoms with Crippen molar-refractivity contribution in [1.82, 2.24) is 14.7 Å². The van der Waals surface area contributed by atoms with Gasteiger partial charge in [0.2, 0.25) is 5.91 Å². The number of para-hydroxylation sites is 1. The van der Waals surface area contributed by atoms with Crippen molar-refractivity contribution < 1.29 is 23.8 Å². The molecule has 0 spiro atoms. The number of nitrogens with zero attached hydrogens (tertiary/aromatic N) is 4. The third-order valence-corrected chi connectivity index (χ3v) is 7.21. The van der Waals surface area contributed by atoms with Crippen LogP contribution >= 0.6 is 11.8 Å². The minimum Gasteiger partial charge on any atom is -0.493 e. The number of carbonyl (C=O) groups excluding carboxylic acids is 2. The molecular weight excluding hydrogens is 456 g/mol. The fourth-order valence-electron chi connectivity index (χ4n) is 4.48. The first-order valence-corrected chi connectivity index (χ1v) is 12.0. The lowest BCUT2D eigenvalue weighted by Gasteiger charge is -2.37. The molecule has 0 N–H and O–H groups in total. The molecule has 0 bridgehead atoms. The molecule has 0 aromatic heterocycles. The van der Waals surface area contributed by atoms with E-state index in [1.54, 1.807) is 27.2 Å². The number of thioether (sulfide) groups is 1. The van der Waals surface area contributed by atoms with Crippen molar-refractivity contribution >= 4 is 28.8 Å². The van der Waals surface area contributed by atoms with Gasteiger partial charge in [-0.15, -0.1) is 0 Å². The zero-order valence-corrected chi connectivity index (χ0v) is 21.0. The summed E-state index contributed by atoms with van der Waals surface area (Å²) < 4.78 is 16.4. The maximum Gasteiger partial charge on any atom is 0.338 e. The number of ether oxygens (including phenoxy) is 3. The van der Waals surface area contributed by atoms with Crippen molar-refractivity contribution in [3.05, 3.63) is 46.1 Å². The van der Waals surface area contributed by atoms with E-state index in [2.05, 4.69) is 16.9 Å². The molecule has 3 aliphatic rings. The molecular formula is C24H30N4O5S. The molecule has 1 amide bonds. The summed E-state index contributed by atoms with van der Waals surface area (Å²) in [6.45, 7) is 4.92. The van der Waals surface area contributed by atoms with Crippen LogP contribution in [0.3, 0.4) is 0 Å². The van der Waals surface area contributed by atoms with E-state index in [9.17, 15) is 9.59 Å². The molecule has 10 heteroatoms. The lowest BCUT2D eigenvalue weighted by Crippen LogP contribution is -2.47. The average Bonchev–Trinajstić information content (AvgIpc) is 3.24. The van der Waals surface area contributed by atoms with E-state index in [1.165, 1.54) is 18.9 Å². The minimum absolute atomic E-state index is 0.0588. The molecule has 4 rings (SSSR count). The molecule has 1 aromatic rings. The first-order chi connectivity index (χ1) is 16.4. The quantitative estimate of drug-likeness (QED) is 0.568. The summed E-state index contributed by atoms with van der Waals surface area (Å²) in [7, 11) is 6.56. The molecule has 1 atom stereocenters. The number of aliphatic imine (C=N–C) groups is 1. The number of allylic oxidation sites excluding steroid dienone is 1. The molecule has 182 valence electrons. The third-order valence-electron chi connectivity index (χ3n) is 6.32. The monoisotopic (exact) mass is 486 g/mol. The van der Waals surface area contributed by atoms with Crippen LogP contribution in [0.15, 0.2) is 45.6 Å². The number of methoxy groups -OCH3 is 3. The van der Waals surface area contributed by atoms with Crippen molar-refractivity contribution in [1.29, 1.82) is 0 Å². The van der Waals surface area contributed by atoms with Crippen LogP contribution in [0.25, 0.3) is 0 Å². The molecule has 0 aliphatic carbocycles. The summed E-state index contributed by atoms with van der Waals surface area (Å²) in [6, 6.07) is 4.98. The highest BCUT2D eigenvalue weighted by Crippen LogP contribution is 2.48. The first-order valence-electron chi connectivity index (χ1n) is 11.1. The number of carbonyl (C=O) groups is 2. The number of rotatable bonds is 6. The van der Waals surface area contributed by atoms with E-state index >= 15 is 0 Å². The molecule has 3 heterocycles. The number of hydrogen-bond acceptors (Lipinski definition) is 9. The lowest BCUT2D eigenvalue weighted by atomic mass is 9.92. The number of amides is 1. The molecule has 0 unspecified atom stereocenters. The zero-order valence-electron chi connectivity index (χ0n) is 20.2. The molecule has 1 aromatic carbocycles. The second-order valence-corrected chi connectivity index (χ2v) is 9.16. The van der Waals surface area contributed by atoms with Gasteiger partial charge in [-0.2, -0.15) is 0 Å². The second kappa shape index (κ2) is 10.1. The highest BCUT2D eigenvalue weighted by Gasteiger charge is 2.43. The van der Waals surface area contributed by atoms with Gasteiger partial charge in [0.25, 0.3) is 0 Å². The van der Waals surface area contributed by atoms with Crippen molar-refractivity contribution in [2.24, 2.45) is 4.99 Å². The molecule has 0 saturated carbocycles. The number of esters is 1. The Bertz CT molecular complexity index is 1080. The Hall–Kier alpha value is -2.98. The van der Waals surface area contributed by atoms with Gasteiger partial charge in [0.15, 0.2) is 16.7 Å². The summed E-state index contributed by atoms with van der Waals surface area (Å²) in [6.07, 6.45) is 0.214. The van der Waals surface area contributed by atoms with Crippen molar-refractivity contribution in [2.75, 3.05) is 54.6 Å². The zero-order chi connectivity index (χ0) is 24.4. The second-order valence-electron chi connectivity index (χ2n) is 8.33. The highest BCUT2D eigenvalue weighted by atomic mass is 32.2. The summed E-state index contributed by atoms with van der Waals surface area (Å²) in [5.41, 5.74) is 2.49. The van der Waals surface area contributed by atoms with Crippen molar-refractivity contribution in [3.8, 4) is 11.5 Å². The lowest BCUT2D eigenvalue weighted by molar-refractivity contribution is -0.136. The van der Waals surface area contributed by atoms with Crippen LogP contribution in [-0.2, 0) is 14.3 Å². The minimum atomic E-state index is -0.577. The van der Waals surface area contributed by atoms with Gasteiger partial charge in [0.1, 0.15) is 0 Å². The van der Waals surface area contributed by atoms with E-state index in [0.717, 1.165) is 24.4 Å². The number of benzene rings is 1. The Morgan fingerprint density at radius 3 is 2.50 bits per heavy atom. The number of fused-ring (bicyclic) bond motifs is 1. The SMILES string of the molecule is COC(=O)C1=C(C)N=C2SC=C(CC(=O)N3CCN(C)CC3)N2[C@@H]1c1cccc(OC)c1OC. The van der Waals surface area contributed by atoms with E-state index in [1.807, 2.05) is 27.3 Å². The average molecular weight is 487 g/mol. The van der Waals surface area contributed by atoms with E-state index in [-0.39, 0.29) is 12.3 Å². The Morgan fingerprint density at radius 2 is 1.85 bits per heavy atom. The Morgan fingerprint density at radius 1 is 1.12 bits per heavy atom. The maximum absolute atomic E-state index is 13.2. The largest absolute Gasteiger partial charge is 0.493 e. The third kappa shape index (κ3) is 4.39. The van der Waals surface area contributed by atoms with Crippen LogP contribution < -0.4 is 9.47 Å². The van der Waals surface area contributed by atoms with Gasteiger partial charge in [-0.1, -0.05) is 23.9 Å². The van der Waals surface area contributed by atoms with Gasteiger partial charge in [0, 0.05) is 37.4 Å². The van der Waals surface area contributed by atoms with Crippen LogP contribution in [0.2, 0.25) is 0 Å². The summed E-state index contributed by atoms with van der Waals surface area (Å²) in [5.74, 6) is 0.657. The van der Waals surface area contributed by atoms with Gasteiger partial charge >= 0.3 is 5.97 Å². The normalized spacial score (nSPS) is 20.6. The molecule has 1 saturated heterocycles. The Balaban J connectivity index is 1.74. The number of piperazine rings is 1. The van der Waals surface area contributed by atoms with Crippen LogP contribution in [0, 0.1) is 0 Å². The van der Waals surface area contributed by atoms with Crippen molar-refractivity contribution in [3.63, 3.8) is 0 Å². The van der Waals surface area contributed by atoms with E-state index in [4.69, 9.17) is 14.2 Å². The number of amidine groups is 1. The van der Waals surface area contributed by atoms with E-state index < -0.39 is 12.0 Å².